The summed E-state index contributed by atoms with van der Waals surface area (Å²) in [7, 11) is 0. The molecule has 1 aliphatic heterocycles. The van der Waals surface area contributed by atoms with E-state index in [1.807, 2.05) is 49.6 Å². The molecule has 34 heavy (non-hydrogen) atoms. The highest BCUT2D eigenvalue weighted by Gasteiger charge is 2.25. The Labute approximate surface area is 201 Å². The molecular weight excluding hydrogens is 424 g/mol. The Kier molecular flexibility index (Phi) is 7.08. The first kappa shape index (κ1) is 23.6. The predicted octanol–water partition coefficient (Wildman–Crippen LogP) is 5.40. The van der Waals surface area contributed by atoms with Crippen LogP contribution in [-0.4, -0.2) is 45.1 Å². The van der Waals surface area contributed by atoms with E-state index in [1.54, 1.807) is 12.1 Å². The van der Waals surface area contributed by atoms with Gasteiger partial charge in [-0.05, 0) is 94.1 Å². The van der Waals surface area contributed by atoms with Gasteiger partial charge in [0, 0.05) is 35.3 Å². The zero-order valence-corrected chi connectivity index (χ0v) is 20.0. The molecule has 6 heteroatoms. The maximum atomic E-state index is 11.1. The summed E-state index contributed by atoms with van der Waals surface area (Å²) < 4.78 is 0. The summed E-state index contributed by atoms with van der Waals surface area (Å²) in [5, 5.41) is 9.13. The van der Waals surface area contributed by atoms with Gasteiger partial charge in [-0.2, -0.15) is 0 Å². The van der Waals surface area contributed by atoms with Gasteiger partial charge < -0.3 is 10.8 Å². The summed E-state index contributed by atoms with van der Waals surface area (Å²) in [6.07, 6.45) is 8.05. The molecule has 1 unspecified atom stereocenters. The minimum absolute atomic E-state index is 0.312. The molecule has 1 atom stereocenters. The third kappa shape index (κ3) is 5.18. The molecule has 0 radical (unpaired) electrons. The van der Waals surface area contributed by atoms with Gasteiger partial charge in [-0.3, -0.25) is 9.88 Å². The molecule has 1 aromatic carbocycles. The number of rotatable bonds is 6. The van der Waals surface area contributed by atoms with Gasteiger partial charge in [-0.1, -0.05) is 23.8 Å². The van der Waals surface area contributed by atoms with Crippen molar-refractivity contribution in [2.75, 3.05) is 18.8 Å². The summed E-state index contributed by atoms with van der Waals surface area (Å²) in [5.74, 6) is 0.107. The molecule has 0 aliphatic carbocycles. The summed E-state index contributed by atoms with van der Waals surface area (Å²) in [4.78, 5) is 22.4. The number of nitrogens with zero attached hydrogens (tertiary/aromatic N) is 3. The Bertz CT molecular complexity index is 1180. The molecule has 0 amide bonds. The lowest BCUT2D eigenvalue weighted by molar-refractivity contribution is 0.0697. The van der Waals surface area contributed by atoms with Crippen molar-refractivity contribution < 1.29 is 9.90 Å². The number of nitrogens with two attached hydrogens (primary N) is 1. The van der Waals surface area contributed by atoms with E-state index in [0.717, 1.165) is 48.3 Å². The molecule has 0 spiro atoms. The molecule has 3 heterocycles. The minimum atomic E-state index is -0.878. The van der Waals surface area contributed by atoms with Crippen LogP contribution in [0.4, 0.5) is 5.82 Å². The number of carboxylic acids is 1. The van der Waals surface area contributed by atoms with Crippen molar-refractivity contribution in [3.05, 3.63) is 82.8 Å². The van der Waals surface area contributed by atoms with Crippen molar-refractivity contribution in [3.8, 4) is 11.1 Å². The summed E-state index contributed by atoms with van der Waals surface area (Å²) >= 11 is 0. The Morgan fingerprint density at radius 1 is 1.12 bits per heavy atom. The number of pyridine rings is 2. The average Bonchev–Trinajstić information content (AvgIpc) is 2.85. The van der Waals surface area contributed by atoms with Gasteiger partial charge in [-0.15, -0.1) is 0 Å². The second-order valence-corrected chi connectivity index (χ2v) is 9.13. The number of piperidine rings is 1. The number of benzene rings is 1. The van der Waals surface area contributed by atoms with Crippen molar-refractivity contribution in [1.82, 2.24) is 14.9 Å². The normalized spacial score (nSPS) is 16.4. The molecule has 0 bridgehead atoms. The maximum Gasteiger partial charge on any atom is 0.335 e. The van der Waals surface area contributed by atoms with Crippen molar-refractivity contribution in [3.63, 3.8) is 0 Å². The Morgan fingerprint density at radius 3 is 2.44 bits per heavy atom. The standard InChI is InChI=1S/C28H32N4O2/c1-18(16-26-19(2)30-13-10-25(26)24-8-9-27(29)31-17-24)20(3)32-14-11-22(12-15-32)21-4-6-23(7-5-21)28(33)34/h4-10,13,16-17,20,22H,11-12,14-15H2,1-3H3,(H2,29,31)(H,33,34)/b18-16+. The molecule has 1 saturated heterocycles. The summed E-state index contributed by atoms with van der Waals surface area (Å²) in [5.41, 5.74) is 12.9. The molecule has 4 rings (SSSR count). The van der Waals surface area contributed by atoms with Crippen molar-refractivity contribution in [1.29, 1.82) is 0 Å². The van der Waals surface area contributed by atoms with E-state index in [0.29, 0.717) is 23.3 Å². The summed E-state index contributed by atoms with van der Waals surface area (Å²) in [6, 6.07) is 13.5. The highest BCUT2D eigenvalue weighted by atomic mass is 16.4. The van der Waals surface area contributed by atoms with Crippen LogP contribution in [0, 0.1) is 6.92 Å². The zero-order chi connectivity index (χ0) is 24.2. The number of carboxylic acid groups (broad SMARTS) is 1. The van der Waals surface area contributed by atoms with Crippen LogP contribution in [0.2, 0.25) is 0 Å². The maximum absolute atomic E-state index is 11.1. The Hall–Kier alpha value is -3.51. The quantitative estimate of drug-likeness (QED) is 0.516. The first-order valence-electron chi connectivity index (χ1n) is 11.8. The lowest BCUT2D eigenvalue weighted by Crippen LogP contribution is -2.40. The molecule has 1 aliphatic rings. The predicted molar refractivity (Wildman–Crippen MR) is 137 cm³/mol. The molecule has 3 N–H and O–H groups in total. The van der Waals surface area contributed by atoms with Gasteiger partial charge in [0.1, 0.15) is 5.82 Å². The molecule has 176 valence electrons. The minimum Gasteiger partial charge on any atom is -0.478 e. The lowest BCUT2D eigenvalue weighted by Gasteiger charge is -2.37. The molecule has 3 aromatic rings. The second kappa shape index (κ2) is 10.2. The number of carbonyl (C=O) groups is 1. The third-order valence-electron chi connectivity index (χ3n) is 7.02. The topological polar surface area (TPSA) is 92.3 Å². The van der Waals surface area contributed by atoms with Gasteiger partial charge in [0.15, 0.2) is 0 Å². The van der Waals surface area contributed by atoms with E-state index < -0.39 is 5.97 Å². The molecule has 1 fully saturated rings. The number of hydrogen-bond donors (Lipinski definition) is 2. The second-order valence-electron chi connectivity index (χ2n) is 9.13. The number of aromatic nitrogens is 2. The van der Waals surface area contributed by atoms with Gasteiger partial charge in [-0.25, -0.2) is 9.78 Å². The number of aryl methyl sites for hydroxylation is 1. The third-order valence-corrected chi connectivity index (χ3v) is 7.02. The van der Waals surface area contributed by atoms with Gasteiger partial charge in [0.2, 0.25) is 0 Å². The van der Waals surface area contributed by atoms with Gasteiger partial charge >= 0.3 is 5.97 Å². The van der Waals surface area contributed by atoms with Crippen LogP contribution in [0.3, 0.4) is 0 Å². The number of nitrogen functional groups attached to an aromatic ring is 1. The van der Waals surface area contributed by atoms with E-state index in [4.69, 9.17) is 10.8 Å². The van der Waals surface area contributed by atoms with Crippen LogP contribution in [0.15, 0.2) is 60.4 Å². The fraction of sp³-hybridized carbons (Fsp3) is 0.321. The molecular formula is C28H32N4O2. The van der Waals surface area contributed by atoms with E-state index in [2.05, 4.69) is 34.8 Å². The van der Waals surface area contributed by atoms with Crippen LogP contribution in [0.5, 0.6) is 0 Å². The SMILES string of the molecule is C/C(=C\c1c(-c2ccc(N)nc2)ccnc1C)C(C)N1CCC(c2ccc(C(=O)O)cc2)CC1. The fourth-order valence-corrected chi connectivity index (χ4v) is 4.73. The van der Waals surface area contributed by atoms with Crippen molar-refractivity contribution in [2.45, 2.75) is 45.6 Å². The molecule has 6 nitrogen and oxygen atoms in total. The zero-order valence-electron chi connectivity index (χ0n) is 20.0. The van der Waals surface area contributed by atoms with Gasteiger partial charge in [0.25, 0.3) is 0 Å². The first-order chi connectivity index (χ1) is 16.3. The smallest absolute Gasteiger partial charge is 0.335 e. The highest BCUT2D eigenvalue weighted by Crippen LogP contribution is 2.32. The first-order valence-corrected chi connectivity index (χ1v) is 11.8. The van der Waals surface area contributed by atoms with Crippen LogP contribution in [0.1, 0.15) is 59.8 Å². The largest absolute Gasteiger partial charge is 0.478 e. The number of anilines is 1. The monoisotopic (exact) mass is 456 g/mol. The fourth-order valence-electron chi connectivity index (χ4n) is 4.73. The Morgan fingerprint density at radius 2 is 1.82 bits per heavy atom. The summed E-state index contributed by atoms with van der Waals surface area (Å²) in [6.45, 7) is 8.53. The lowest BCUT2D eigenvalue weighted by atomic mass is 9.88. The number of likely N-dealkylation sites (tertiary alicyclic amines) is 1. The highest BCUT2D eigenvalue weighted by molar-refractivity contribution is 5.87. The van der Waals surface area contributed by atoms with E-state index in [-0.39, 0.29) is 0 Å². The van der Waals surface area contributed by atoms with E-state index in [1.165, 1.54) is 11.1 Å². The van der Waals surface area contributed by atoms with E-state index >= 15 is 0 Å². The van der Waals surface area contributed by atoms with Crippen molar-refractivity contribution in [2.24, 2.45) is 0 Å². The molecule has 0 saturated carbocycles. The van der Waals surface area contributed by atoms with E-state index in [9.17, 15) is 4.79 Å². The Balaban J connectivity index is 1.47. The van der Waals surface area contributed by atoms with Crippen LogP contribution < -0.4 is 5.73 Å². The molecule has 2 aromatic heterocycles. The van der Waals surface area contributed by atoms with Crippen LogP contribution in [-0.2, 0) is 0 Å². The van der Waals surface area contributed by atoms with Crippen molar-refractivity contribution >= 4 is 17.9 Å². The number of hydrogen-bond acceptors (Lipinski definition) is 5. The van der Waals surface area contributed by atoms with Crippen LogP contribution in [0.25, 0.3) is 17.2 Å². The average molecular weight is 457 g/mol. The van der Waals surface area contributed by atoms with Crippen LogP contribution >= 0.6 is 0 Å². The number of aromatic carboxylic acids is 1. The van der Waals surface area contributed by atoms with Gasteiger partial charge in [0.05, 0.1) is 5.56 Å².